The molecule has 1 aromatic carbocycles. The number of hydrogen-bond donors (Lipinski definition) is 3. The molecule has 98 valence electrons. The Balaban J connectivity index is 2.05. The average molecular weight is 250 g/mol. The number of amides is 1. The highest BCUT2D eigenvalue weighted by Gasteiger charge is 2.29. The normalized spacial score (nSPS) is 18.7. The van der Waals surface area contributed by atoms with Crippen molar-refractivity contribution in [3.63, 3.8) is 0 Å². The van der Waals surface area contributed by atoms with E-state index in [1.54, 1.807) is 17.0 Å². The molecule has 0 aliphatic carbocycles. The molecular weight excluding hydrogens is 232 g/mol. The highest BCUT2D eigenvalue weighted by molar-refractivity contribution is 5.82. The number of carbonyl (C=O) groups excluding carboxylic acids is 1. The number of nitrogens with zero attached hydrogens (tertiary/aromatic N) is 1. The predicted octanol–water partition coefficient (Wildman–Crippen LogP) is 0.375. The summed E-state index contributed by atoms with van der Waals surface area (Å²) in [4.78, 5) is 13.7. The summed E-state index contributed by atoms with van der Waals surface area (Å²) in [5.41, 5.74) is 6.34. The van der Waals surface area contributed by atoms with Gasteiger partial charge in [-0.2, -0.15) is 0 Å². The standard InChI is InChI=1S/C13H18N2O3/c14-11(13(18)15-7-1-2-8-15)12(17)9-3-5-10(16)6-4-9/h3-6,11-12,16-17H,1-2,7-8,14H2/t11-,12+/m0/s1. The number of hydrogen-bond acceptors (Lipinski definition) is 4. The number of carbonyl (C=O) groups is 1. The topological polar surface area (TPSA) is 86.8 Å². The van der Waals surface area contributed by atoms with E-state index in [-0.39, 0.29) is 11.7 Å². The molecule has 0 saturated carbocycles. The van der Waals surface area contributed by atoms with Crippen LogP contribution in [0.4, 0.5) is 0 Å². The van der Waals surface area contributed by atoms with E-state index in [0.717, 1.165) is 25.9 Å². The van der Waals surface area contributed by atoms with E-state index in [2.05, 4.69) is 0 Å². The molecule has 0 aromatic heterocycles. The van der Waals surface area contributed by atoms with E-state index >= 15 is 0 Å². The van der Waals surface area contributed by atoms with Crippen LogP contribution < -0.4 is 5.73 Å². The minimum atomic E-state index is -1.04. The quantitative estimate of drug-likeness (QED) is 0.723. The van der Waals surface area contributed by atoms with E-state index < -0.39 is 12.1 Å². The Morgan fingerprint density at radius 2 is 1.78 bits per heavy atom. The Kier molecular flexibility index (Phi) is 3.84. The van der Waals surface area contributed by atoms with Gasteiger partial charge in [-0.25, -0.2) is 0 Å². The van der Waals surface area contributed by atoms with Crippen molar-refractivity contribution in [1.82, 2.24) is 4.90 Å². The lowest BCUT2D eigenvalue weighted by Gasteiger charge is -2.24. The van der Waals surface area contributed by atoms with Crippen LogP contribution in [0.5, 0.6) is 5.75 Å². The molecule has 18 heavy (non-hydrogen) atoms. The van der Waals surface area contributed by atoms with Crippen LogP contribution in [0.15, 0.2) is 24.3 Å². The monoisotopic (exact) mass is 250 g/mol. The second-order valence-electron chi connectivity index (χ2n) is 4.59. The number of benzene rings is 1. The van der Waals surface area contributed by atoms with Gasteiger partial charge < -0.3 is 20.8 Å². The molecule has 5 heteroatoms. The number of phenolic OH excluding ortho intramolecular Hbond substituents is 1. The predicted molar refractivity (Wildman–Crippen MR) is 66.9 cm³/mol. The summed E-state index contributed by atoms with van der Waals surface area (Å²) >= 11 is 0. The molecule has 4 N–H and O–H groups in total. The van der Waals surface area contributed by atoms with Gasteiger partial charge in [0.1, 0.15) is 17.9 Å². The van der Waals surface area contributed by atoms with Crippen molar-refractivity contribution in [3.05, 3.63) is 29.8 Å². The summed E-state index contributed by atoms with van der Waals surface area (Å²) in [5, 5.41) is 19.2. The number of nitrogens with two attached hydrogens (primary N) is 1. The smallest absolute Gasteiger partial charge is 0.242 e. The lowest BCUT2D eigenvalue weighted by molar-refractivity contribution is -0.134. The zero-order valence-corrected chi connectivity index (χ0v) is 10.1. The van der Waals surface area contributed by atoms with Gasteiger partial charge in [-0.05, 0) is 30.5 Å². The molecule has 0 spiro atoms. The van der Waals surface area contributed by atoms with Gasteiger partial charge in [0.15, 0.2) is 0 Å². The third-order valence-electron chi connectivity index (χ3n) is 3.28. The molecule has 1 saturated heterocycles. The van der Waals surface area contributed by atoms with Crippen molar-refractivity contribution in [3.8, 4) is 5.75 Å². The van der Waals surface area contributed by atoms with Crippen LogP contribution in [0.25, 0.3) is 0 Å². The van der Waals surface area contributed by atoms with Crippen molar-refractivity contribution in [2.75, 3.05) is 13.1 Å². The zero-order chi connectivity index (χ0) is 13.1. The van der Waals surface area contributed by atoms with E-state index in [0.29, 0.717) is 5.56 Å². The fraction of sp³-hybridized carbons (Fsp3) is 0.462. The zero-order valence-electron chi connectivity index (χ0n) is 10.1. The molecule has 1 aromatic rings. The second kappa shape index (κ2) is 5.37. The maximum absolute atomic E-state index is 12.0. The Morgan fingerprint density at radius 3 is 2.33 bits per heavy atom. The fourth-order valence-corrected chi connectivity index (χ4v) is 2.16. The molecular formula is C13H18N2O3. The van der Waals surface area contributed by atoms with Crippen LogP contribution in [0.3, 0.4) is 0 Å². The average Bonchev–Trinajstić information content (AvgIpc) is 2.91. The molecule has 1 heterocycles. The Morgan fingerprint density at radius 1 is 1.22 bits per heavy atom. The fourth-order valence-electron chi connectivity index (χ4n) is 2.16. The van der Waals surface area contributed by atoms with Gasteiger partial charge >= 0.3 is 0 Å². The van der Waals surface area contributed by atoms with E-state index in [9.17, 15) is 15.0 Å². The number of rotatable bonds is 3. The molecule has 1 aliphatic rings. The Bertz CT molecular complexity index is 413. The summed E-state index contributed by atoms with van der Waals surface area (Å²) in [6.07, 6.45) is 0.945. The molecule has 0 bridgehead atoms. The molecule has 1 amide bonds. The van der Waals surface area contributed by atoms with E-state index in [1.807, 2.05) is 0 Å². The van der Waals surface area contributed by atoms with Gasteiger partial charge in [-0.15, -0.1) is 0 Å². The third-order valence-corrected chi connectivity index (χ3v) is 3.28. The van der Waals surface area contributed by atoms with Crippen LogP contribution in [0.1, 0.15) is 24.5 Å². The van der Waals surface area contributed by atoms with Crippen molar-refractivity contribution in [1.29, 1.82) is 0 Å². The van der Waals surface area contributed by atoms with Gasteiger partial charge in [0.2, 0.25) is 5.91 Å². The number of aliphatic hydroxyl groups is 1. The maximum atomic E-state index is 12.0. The lowest BCUT2D eigenvalue weighted by Crippen LogP contribution is -2.45. The van der Waals surface area contributed by atoms with Gasteiger partial charge in [0.25, 0.3) is 0 Å². The minimum Gasteiger partial charge on any atom is -0.508 e. The Labute approximate surface area is 106 Å². The van der Waals surface area contributed by atoms with Crippen LogP contribution in [0, 0.1) is 0 Å². The minimum absolute atomic E-state index is 0.116. The molecule has 1 aliphatic heterocycles. The first-order valence-corrected chi connectivity index (χ1v) is 6.11. The summed E-state index contributed by atoms with van der Waals surface area (Å²) < 4.78 is 0. The van der Waals surface area contributed by atoms with Gasteiger partial charge in [0.05, 0.1) is 0 Å². The van der Waals surface area contributed by atoms with Gasteiger partial charge in [-0.3, -0.25) is 4.79 Å². The summed E-state index contributed by atoms with van der Waals surface area (Å²) in [6, 6.07) is 5.11. The van der Waals surface area contributed by atoms with Crippen LogP contribution >= 0.6 is 0 Å². The first-order valence-electron chi connectivity index (χ1n) is 6.11. The van der Waals surface area contributed by atoms with Crippen molar-refractivity contribution in [2.24, 2.45) is 5.73 Å². The Hall–Kier alpha value is -1.59. The van der Waals surface area contributed by atoms with Crippen LogP contribution in [0.2, 0.25) is 0 Å². The molecule has 5 nitrogen and oxygen atoms in total. The van der Waals surface area contributed by atoms with E-state index in [1.165, 1.54) is 12.1 Å². The molecule has 0 radical (unpaired) electrons. The first kappa shape index (κ1) is 12.9. The van der Waals surface area contributed by atoms with Gasteiger partial charge in [0, 0.05) is 13.1 Å². The number of phenols is 1. The molecule has 0 unspecified atom stereocenters. The van der Waals surface area contributed by atoms with Crippen molar-refractivity contribution >= 4 is 5.91 Å². The summed E-state index contributed by atoms with van der Waals surface area (Å²) in [6.45, 7) is 1.43. The molecule has 2 rings (SSSR count). The maximum Gasteiger partial charge on any atom is 0.242 e. The number of likely N-dealkylation sites (tertiary alicyclic amines) is 1. The molecule has 1 fully saturated rings. The van der Waals surface area contributed by atoms with Crippen molar-refractivity contribution < 1.29 is 15.0 Å². The van der Waals surface area contributed by atoms with Crippen molar-refractivity contribution in [2.45, 2.75) is 25.0 Å². The van der Waals surface area contributed by atoms with Crippen LogP contribution in [-0.2, 0) is 4.79 Å². The highest BCUT2D eigenvalue weighted by Crippen LogP contribution is 2.21. The number of aliphatic hydroxyl groups excluding tert-OH is 1. The highest BCUT2D eigenvalue weighted by atomic mass is 16.3. The molecule has 2 atom stereocenters. The van der Waals surface area contributed by atoms with Crippen LogP contribution in [-0.4, -0.2) is 40.2 Å². The largest absolute Gasteiger partial charge is 0.508 e. The second-order valence-corrected chi connectivity index (χ2v) is 4.59. The first-order chi connectivity index (χ1) is 8.59. The third kappa shape index (κ3) is 2.63. The van der Waals surface area contributed by atoms with E-state index in [4.69, 9.17) is 5.73 Å². The summed E-state index contributed by atoms with van der Waals surface area (Å²) in [5.74, 6) is -0.0986. The SMILES string of the molecule is N[C@H](C(=O)N1CCCC1)[C@H](O)c1ccc(O)cc1. The lowest BCUT2D eigenvalue weighted by atomic mass is 10.0. The number of aromatic hydroxyl groups is 1. The van der Waals surface area contributed by atoms with Gasteiger partial charge in [-0.1, -0.05) is 12.1 Å². The summed E-state index contributed by atoms with van der Waals surface area (Å²) in [7, 11) is 0.